The van der Waals surface area contributed by atoms with Gasteiger partial charge in [0.15, 0.2) is 11.5 Å². The van der Waals surface area contributed by atoms with Crippen LogP contribution >= 0.6 is 0 Å². The van der Waals surface area contributed by atoms with Crippen LogP contribution in [0.2, 0.25) is 0 Å². The van der Waals surface area contributed by atoms with Crippen molar-refractivity contribution in [2.75, 3.05) is 13.8 Å². The third-order valence-electron chi connectivity index (χ3n) is 3.22. The predicted octanol–water partition coefficient (Wildman–Crippen LogP) is 0.566. The number of likely N-dealkylation sites (N-methyl/N-ethyl adjacent to an activating group) is 1. The predicted molar refractivity (Wildman–Crippen MR) is 73.9 cm³/mol. The van der Waals surface area contributed by atoms with Crippen molar-refractivity contribution in [1.29, 1.82) is 0 Å². The van der Waals surface area contributed by atoms with E-state index >= 15 is 0 Å². The summed E-state index contributed by atoms with van der Waals surface area (Å²) in [6.07, 6.45) is 0.00438. The summed E-state index contributed by atoms with van der Waals surface area (Å²) >= 11 is 0. The number of amides is 1. The van der Waals surface area contributed by atoms with Crippen molar-refractivity contribution in [3.05, 3.63) is 23.8 Å². The molecule has 0 radical (unpaired) electrons. The summed E-state index contributed by atoms with van der Waals surface area (Å²) in [6.45, 7) is 0.573. The van der Waals surface area contributed by atoms with Crippen LogP contribution in [-0.4, -0.2) is 41.8 Å². The number of hydrogen-bond donors (Lipinski definition) is 2. The minimum atomic E-state index is -0.961. The van der Waals surface area contributed by atoms with E-state index in [-0.39, 0.29) is 25.5 Å². The summed E-state index contributed by atoms with van der Waals surface area (Å²) in [5.74, 6) is 0.0972. The van der Waals surface area contributed by atoms with E-state index in [0.29, 0.717) is 18.0 Å². The van der Waals surface area contributed by atoms with Crippen LogP contribution in [0.15, 0.2) is 18.2 Å². The molecule has 1 unspecified atom stereocenters. The van der Waals surface area contributed by atoms with Crippen molar-refractivity contribution in [3.8, 4) is 11.5 Å². The lowest BCUT2D eigenvalue weighted by molar-refractivity contribution is -0.137. The van der Waals surface area contributed by atoms with Gasteiger partial charge in [-0.1, -0.05) is 6.07 Å². The molecule has 0 saturated carbocycles. The Morgan fingerprint density at radius 2 is 2.10 bits per heavy atom. The molecule has 0 saturated heterocycles. The molecule has 0 spiro atoms. The molecule has 0 bridgehead atoms. The van der Waals surface area contributed by atoms with E-state index in [0.717, 1.165) is 5.56 Å². The first kappa shape index (κ1) is 15.1. The van der Waals surface area contributed by atoms with Gasteiger partial charge in [0, 0.05) is 20.0 Å². The van der Waals surface area contributed by atoms with E-state index < -0.39 is 12.0 Å². The number of carboxylic acids is 1. The van der Waals surface area contributed by atoms with Crippen molar-refractivity contribution in [1.82, 2.24) is 4.90 Å². The molecule has 0 fully saturated rings. The lowest BCUT2D eigenvalue weighted by atomic mass is 10.1. The molecule has 114 valence electrons. The number of benzene rings is 1. The minimum absolute atomic E-state index is 0.120. The first-order valence-corrected chi connectivity index (χ1v) is 6.58. The zero-order valence-corrected chi connectivity index (χ0v) is 11.7. The molecule has 0 aliphatic carbocycles. The molecule has 7 nitrogen and oxygen atoms in total. The van der Waals surface area contributed by atoms with E-state index in [1.807, 2.05) is 12.1 Å². The average molecular weight is 294 g/mol. The number of carbonyl (C=O) groups excluding carboxylic acids is 1. The first-order chi connectivity index (χ1) is 9.97. The molecule has 1 aromatic rings. The highest BCUT2D eigenvalue weighted by molar-refractivity contribution is 5.82. The number of carbonyl (C=O) groups is 2. The normalized spacial score (nSPS) is 13.8. The number of ether oxygens (including phenoxy) is 2. The van der Waals surface area contributed by atoms with Crippen molar-refractivity contribution in [2.45, 2.75) is 25.4 Å². The van der Waals surface area contributed by atoms with Gasteiger partial charge in [-0.15, -0.1) is 0 Å². The zero-order valence-electron chi connectivity index (χ0n) is 11.7. The zero-order chi connectivity index (χ0) is 15.4. The van der Waals surface area contributed by atoms with Crippen LogP contribution in [0.25, 0.3) is 0 Å². The Morgan fingerprint density at radius 1 is 1.38 bits per heavy atom. The summed E-state index contributed by atoms with van der Waals surface area (Å²) in [7, 11) is 1.63. The fourth-order valence-corrected chi connectivity index (χ4v) is 2.08. The Labute approximate surface area is 122 Å². The van der Waals surface area contributed by atoms with E-state index in [1.54, 1.807) is 13.1 Å². The first-order valence-electron chi connectivity index (χ1n) is 6.58. The molecule has 1 amide bonds. The number of fused-ring (bicyclic) bond motifs is 1. The van der Waals surface area contributed by atoms with Crippen LogP contribution in [0.4, 0.5) is 0 Å². The van der Waals surface area contributed by atoms with Gasteiger partial charge < -0.3 is 25.2 Å². The monoisotopic (exact) mass is 294 g/mol. The van der Waals surface area contributed by atoms with Gasteiger partial charge in [0.2, 0.25) is 12.7 Å². The van der Waals surface area contributed by atoms with Crippen LogP contribution in [0, 0.1) is 0 Å². The average Bonchev–Trinajstić information content (AvgIpc) is 2.91. The maximum Gasteiger partial charge on any atom is 0.303 e. The molecule has 1 aromatic carbocycles. The second-order valence-electron chi connectivity index (χ2n) is 4.92. The summed E-state index contributed by atoms with van der Waals surface area (Å²) in [5, 5.41) is 8.60. The van der Waals surface area contributed by atoms with E-state index in [9.17, 15) is 9.59 Å². The van der Waals surface area contributed by atoms with Gasteiger partial charge in [-0.3, -0.25) is 9.59 Å². The van der Waals surface area contributed by atoms with Gasteiger partial charge in [0.05, 0.1) is 6.04 Å². The molecule has 0 aromatic heterocycles. The highest BCUT2D eigenvalue weighted by Gasteiger charge is 2.20. The number of aliphatic carboxylic acids is 1. The lowest BCUT2D eigenvalue weighted by Crippen LogP contribution is -2.41. The Morgan fingerprint density at radius 3 is 2.81 bits per heavy atom. The Balaban J connectivity index is 1.92. The van der Waals surface area contributed by atoms with Crippen LogP contribution in [0.3, 0.4) is 0 Å². The molecule has 1 aliphatic rings. The Bertz CT molecular complexity index is 546. The van der Waals surface area contributed by atoms with E-state index in [2.05, 4.69) is 0 Å². The maximum absolute atomic E-state index is 12.0. The van der Waals surface area contributed by atoms with E-state index in [1.165, 1.54) is 4.90 Å². The Hall–Kier alpha value is -2.28. The fourth-order valence-electron chi connectivity index (χ4n) is 2.08. The molecular weight excluding hydrogens is 276 g/mol. The number of nitrogens with two attached hydrogens (primary N) is 1. The van der Waals surface area contributed by atoms with Gasteiger partial charge >= 0.3 is 5.97 Å². The smallest absolute Gasteiger partial charge is 0.303 e. The van der Waals surface area contributed by atoms with Crippen LogP contribution in [-0.2, 0) is 16.1 Å². The molecule has 7 heteroatoms. The van der Waals surface area contributed by atoms with Crippen molar-refractivity contribution >= 4 is 11.9 Å². The van der Waals surface area contributed by atoms with Crippen LogP contribution in [0.5, 0.6) is 11.5 Å². The van der Waals surface area contributed by atoms with Crippen LogP contribution < -0.4 is 15.2 Å². The van der Waals surface area contributed by atoms with Gasteiger partial charge in [-0.05, 0) is 24.1 Å². The van der Waals surface area contributed by atoms with Gasteiger partial charge in [0.25, 0.3) is 0 Å². The highest BCUT2D eigenvalue weighted by atomic mass is 16.7. The number of hydrogen-bond acceptors (Lipinski definition) is 5. The highest BCUT2D eigenvalue weighted by Crippen LogP contribution is 2.32. The SMILES string of the molecule is CN(Cc1ccc2c(c1)OCO2)C(=O)C(N)CCC(=O)O. The standard InChI is InChI=1S/C14H18N2O5/c1-16(14(19)10(15)3-5-13(17)18)7-9-2-4-11-12(6-9)21-8-20-11/h2,4,6,10H,3,5,7-8,15H2,1H3,(H,17,18). The van der Waals surface area contributed by atoms with Crippen LogP contribution in [0.1, 0.15) is 18.4 Å². The van der Waals surface area contributed by atoms with Gasteiger partial charge in [0.1, 0.15) is 0 Å². The third kappa shape index (κ3) is 3.85. The summed E-state index contributed by atoms with van der Waals surface area (Å²) < 4.78 is 10.5. The second kappa shape index (κ2) is 6.45. The molecule has 1 aliphatic heterocycles. The fraction of sp³-hybridized carbons (Fsp3) is 0.429. The van der Waals surface area contributed by atoms with Crippen molar-refractivity contribution in [3.63, 3.8) is 0 Å². The quantitative estimate of drug-likeness (QED) is 0.795. The summed E-state index contributed by atoms with van der Waals surface area (Å²) in [4.78, 5) is 24.0. The molecule has 1 atom stereocenters. The molecule has 2 rings (SSSR count). The topological polar surface area (TPSA) is 102 Å². The molecule has 3 N–H and O–H groups in total. The molecule has 21 heavy (non-hydrogen) atoms. The summed E-state index contributed by atoms with van der Waals surface area (Å²) in [5.41, 5.74) is 6.60. The largest absolute Gasteiger partial charge is 0.481 e. The Kier molecular flexibility index (Phi) is 4.64. The van der Waals surface area contributed by atoms with Crippen molar-refractivity contribution < 1.29 is 24.2 Å². The third-order valence-corrected chi connectivity index (χ3v) is 3.22. The van der Waals surface area contributed by atoms with Gasteiger partial charge in [-0.2, -0.15) is 0 Å². The van der Waals surface area contributed by atoms with Crippen molar-refractivity contribution in [2.24, 2.45) is 5.73 Å². The van der Waals surface area contributed by atoms with E-state index in [4.69, 9.17) is 20.3 Å². The molecule has 1 heterocycles. The summed E-state index contributed by atoms with van der Waals surface area (Å²) in [6, 6.07) is 4.65. The van der Waals surface area contributed by atoms with Gasteiger partial charge in [-0.25, -0.2) is 0 Å². The minimum Gasteiger partial charge on any atom is -0.481 e. The molecular formula is C14H18N2O5. The maximum atomic E-state index is 12.0. The second-order valence-corrected chi connectivity index (χ2v) is 4.92. The number of nitrogens with zero attached hydrogens (tertiary/aromatic N) is 1. The number of rotatable bonds is 6. The number of carboxylic acid groups (broad SMARTS) is 1. The lowest BCUT2D eigenvalue weighted by Gasteiger charge is -2.21.